The van der Waals surface area contributed by atoms with Gasteiger partial charge in [0.2, 0.25) is 5.91 Å². The number of hydrogen-bond donors (Lipinski definition) is 2. The molecule has 2 amide bonds. The second-order valence-corrected chi connectivity index (χ2v) is 6.79. The molecule has 0 aliphatic heterocycles. The molecule has 0 bridgehead atoms. The van der Waals surface area contributed by atoms with Crippen LogP contribution >= 0.6 is 0 Å². The molecule has 2 N–H and O–H groups in total. The molecule has 7 nitrogen and oxygen atoms in total. The van der Waals surface area contributed by atoms with Crippen molar-refractivity contribution in [3.63, 3.8) is 0 Å². The number of benzene rings is 1. The molecule has 8 heteroatoms. The summed E-state index contributed by atoms with van der Waals surface area (Å²) in [7, 11) is 0. The van der Waals surface area contributed by atoms with Crippen molar-refractivity contribution in [2.75, 3.05) is 6.67 Å². The molecule has 28 heavy (non-hydrogen) atoms. The lowest BCUT2D eigenvalue weighted by atomic mass is 10.0. The van der Waals surface area contributed by atoms with Crippen molar-refractivity contribution in [1.82, 2.24) is 10.6 Å². The van der Waals surface area contributed by atoms with Crippen molar-refractivity contribution in [2.24, 2.45) is 5.92 Å². The van der Waals surface area contributed by atoms with Crippen LogP contribution in [0.15, 0.2) is 30.3 Å². The summed E-state index contributed by atoms with van der Waals surface area (Å²) in [5.74, 6) is -1.37. The predicted octanol–water partition coefficient (Wildman–Crippen LogP) is 2.33. The predicted molar refractivity (Wildman–Crippen MR) is 101 cm³/mol. The Bertz CT molecular complexity index is 651. The molecular weight excluding hydrogens is 367 g/mol. The van der Waals surface area contributed by atoms with Gasteiger partial charge in [-0.3, -0.25) is 9.59 Å². The van der Waals surface area contributed by atoms with Crippen molar-refractivity contribution in [3.8, 4) is 0 Å². The molecule has 0 aliphatic rings. The molecule has 0 radical (unpaired) electrons. The number of Topliss-reactive ketones (excluding diaryl/α,β-unsaturated/α-hetero) is 1. The van der Waals surface area contributed by atoms with E-state index in [0.29, 0.717) is 12.7 Å². The van der Waals surface area contributed by atoms with Crippen LogP contribution in [0.25, 0.3) is 0 Å². The Morgan fingerprint density at radius 2 is 1.79 bits per heavy atom. The highest BCUT2D eigenvalue weighted by Crippen LogP contribution is 2.08. The number of halogens is 1. The molecule has 0 heterocycles. The van der Waals surface area contributed by atoms with Gasteiger partial charge >= 0.3 is 6.09 Å². The van der Waals surface area contributed by atoms with E-state index in [9.17, 15) is 23.6 Å². The van der Waals surface area contributed by atoms with E-state index in [1.165, 1.54) is 0 Å². The first-order valence-electron chi connectivity index (χ1n) is 9.17. The minimum absolute atomic E-state index is 0.00481. The highest BCUT2D eigenvalue weighted by Gasteiger charge is 2.27. The molecule has 154 valence electrons. The van der Waals surface area contributed by atoms with E-state index in [0.717, 1.165) is 5.56 Å². The zero-order valence-corrected chi connectivity index (χ0v) is 16.2. The van der Waals surface area contributed by atoms with Crippen LogP contribution in [0.2, 0.25) is 0 Å². The Morgan fingerprint density at radius 3 is 2.36 bits per heavy atom. The van der Waals surface area contributed by atoms with Gasteiger partial charge in [0.05, 0.1) is 6.04 Å². The van der Waals surface area contributed by atoms with Gasteiger partial charge in [-0.15, -0.1) is 0 Å². The Balaban J connectivity index is 2.70. The Kier molecular flexibility index (Phi) is 10.5. The molecule has 0 saturated heterocycles. The summed E-state index contributed by atoms with van der Waals surface area (Å²) in [5.41, 5.74) is 0.796. The summed E-state index contributed by atoms with van der Waals surface area (Å²) in [6.45, 7) is 2.54. The van der Waals surface area contributed by atoms with Crippen molar-refractivity contribution in [1.29, 1.82) is 0 Å². The van der Waals surface area contributed by atoms with E-state index in [-0.39, 0.29) is 25.4 Å². The maximum atomic E-state index is 12.7. The first-order valence-corrected chi connectivity index (χ1v) is 9.17. The number of alkyl carbamates (subject to hydrolysis) is 1. The lowest BCUT2D eigenvalue weighted by molar-refractivity contribution is -0.129. The van der Waals surface area contributed by atoms with Crippen LogP contribution in [0, 0.1) is 5.92 Å². The summed E-state index contributed by atoms with van der Waals surface area (Å²) in [6.07, 6.45) is 0.139. The first-order chi connectivity index (χ1) is 13.4. The highest BCUT2D eigenvalue weighted by molar-refractivity contribution is 5.92. The number of hydrogen-bond acceptors (Lipinski definition) is 5. The Hall–Kier alpha value is -2.77. The third kappa shape index (κ3) is 8.75. The number of aldehydes is 1. The average Bonchev–Trinajstić information content (AvgIpc) is 2.68. The first kappa shape index (κ1) is 23.3. The molecule has 1 rings (SSSR count). The summed E-state index contributed by atoms with van der Waals surface area (Å²) >= 11 is 0. The summed E-state index contributed by atoms with van der Waals surface area (Å²) in [5, 5.41) is 4.92. The van der Waals surface area contributed by atoms with Gasteiger partial charge in [-0.25, -0.2) is 9.18 Å². The van der Waals surface area contributed by atoms with Crippen LogP contribution in [0.5, 0.6) is 0 Å². The number of carbonyl (C=O) groups is 4. The van der Waals surface area contributed by atoms with E-state index in [1.807, 2.05) is 32.0 Å². The van der Waals surface area contributed by atoms with Crippen molar-refractivity contribution >= 4 is 24.1 Å². The molecule has 1 unspecified atom stereocenters. The number of carbonyl (C=O) groups excluding carboxylic acids is 4. The number of alkyl halides is 1. The van der Waals surface area contributed by atoms with Crippen LogP contribution in [-0.4, -0.2) is 42.8 Å². The molecule has 0 saturated carbocycles. The second kappa shape index (κ2) is 12.6. The number of nitrogens with one attached hydrogen (secondary N) is 2. The molecule has 0 fully saturated rings. The normalized spacial score (nSPS) is 12.7. The quantitative estimate of drug-likeness (QED) is 0.530. The lowest BCUT2D eigenvalue weighted by Crippen LogP contribution is -2.52. The van der Waals surface area contributed by atoms with Crippen LogP contribution in [0.3, 0.4) is 0 Å². The molecule has 1 aromatic carbocycles. The van der Waals surface area contributed by atoms with Gasteiger partial charge in [0.1, 0.15) is 25.6 Å². The molecule has 0 aromatic heterocycles. The van der Waals surface area contributed by atoms with Gasteiger partial charge in [0, 0.05) is 6.42 Å². The van der Waals surface area contributed by atoms with Crippen molar-refractivity contribution in [2.45, 2.75) is 51.8 Å². The molecule has 0 aliphatic carbocycles. The monoisotopic (exact) mass is 394 g/mol. The zero-order valence-electron chi connectivity index (χ0n) is 16.2. The Labute approximate surface area is 164 Å². The summed E-state index contributed by atoms with van der Waals surface area (Å²) in [4.78, 5) is 46.8. The van der Waals surface area contributed by atoms with E-state index >= 15 is 0 Å². The highest BCUT2D eigenvalue weighted by atomic mass is 19.1. The van der Waals surface area contributed by atoms with Gasteiger partial charge in [-0.2, -0.15) is 0 Å². The van der Waals surface area contributed by atoms with E-state index in [4.69, 9.17) is 4.74 Å². The van der Waals surface area contributed by atoms with E-state index < -0.39 is 36.5 Å². The van der Waals surface area contributed by atoms with Crippen LogP contribution in [0.4, 0.5) is 9.18 Å². The number of amides is 2. The van der Waals surface area contributed by atoms with E-state index in [2.05, 4.69) is 10.6 Å². The molecule has 2 atom stereocenters. The second-order valence-electron chi connectivity index (χ2n) is 6.79. The SMILES string of the molecule is CC(C)C[C@H](NC(=O)OCc1ccccc1)C(=O)NC(CCC=O)C(=O)CF. The maximum Gasteiger partial charge on any atom is 0.408 e. The fraction of sp³-hybridized carbons (Fsp3) is 0.500. The average molecular weight is 394 g/mol. The smallest absolute Gasteiger partial charge is 0.408 e. The fourth-order valence-corrected chi connectivity index (χ4v) is 2.52. The van der Waals surface area contributed by atoms with E-state index in [1.54, 1.807) is 12.1 Å². The zero-order chi connectivity index (χ0) is 20.9. The number of ether oxygens (including phenoxy) is 1. The van der Waals surface area contributed by atoms with Gasteiger partial charge in [0.25, 0.3) is 0 Å². The van der Waals surface area contributed by atoms with Crippen molar-refractivity contribution < 1.29 is 28.3 Å². The number of rotatable bonds is 12. The van der Waals surface area contributed by atoms with Crippen LogP contribution in [0.1, 0.15) is 38.7 Å². The van der Waals surface area contributed by atoms with Gasteiger partial charge in [-0.05, 0) is 24.3 Å². The van der Waals surface area contributed by atoms with Gasteiger partial charge in [0.15, 0.2) is 5.78 Å². The molecular formula is C20H27FN2O5. The topological polar surface area (TPSA) is 102 Å². The Morgan fingerprint density at radius 1 is 1.11 bits per heavy atom. The molecule has 1 aromatic rings. The standard InChI is InChI=1S/C20H27FN2O5/c1-14(2)11-17(19(26)22-16(9-6-10-24)18(25)12-21)23-20(27)28-13-15-7-4-3-5-8-15/h3-5,7-8,10,14,16-17H,6,9,11-13H2,1-2H3,(H,22,26)(H,23,27)/t16?,17-/m0/s1. The van der Waals surface area contributed by atoms with Gasteiger partial charge in [-0.1, -0.05) is 44.2 Å². The van der Waals surface area contributed by atoms with Crippen LogP contribution < -0.4 is 10.6 Å². The van der Waals surface area contributed by atoms with Crippen LogP contribution in [-0.2, 0) is 25.7 Å². The fourth-order valence-electron chi connectivity index (χ4n) is 2.52. The van der Waals surface area contributed by atoms with Gasteiger partial charge < -0.3 is 20.2 Å². The summed E-state index contributed by atoms with van der Waals surface area (Å²) in [6, 6.07) is 7.00. The third-order valence-corrected chi connectivity index (χ3v) is 3.94. The van der Waals surface area contributed by atoms with Crippen molar-refractivity contribution in [3.05, 3.63) is 35.9 Å². The third-order valence-electron chi connectivity index (χ3n) is 3.94. The minimum Gasteiger partial charge on any atom is -0.445 e. The largest absolute Gasteiger partial charge is 0.445 e. The number of ketones is 1. The lowest BCUT2D eigenvalue weighted by Gasteiger charge is -2.23. The molecule has 0 spiro atoms. The summed E-state index contributed by atoms with van der Waals surface area (Å²) < 4.78 is 17.8. The maximum absolute atomic E-state index is 12.7. The minimum atomic E-state index is -1.24.